The molecule has 0 radical (unpaired) electrons. The first-order valence-corrected chi connectivity index (χ1v) is 8.79. The van der Waals surface area contributed by atoms with Gasteiger partial charge >= 0.3 is 0 Å². The number of aromatic nitrogens is 2. The maximum absolute atomic E-state index is 13.8. The second-order valence-corrected chi connectivity index (χ2v) is 7.19. The van der Waals surface area contributed by atoms with E-state index >= 15 is 0 Å². The van der Waals surface area contributed by atoms with E-state index in [0.717, 1.165) is 23.9 Å². The number of hydrogen-bond donors (Lipinski definition) is 1. The number of thioether (sulfide) groups is 1. The van der Waals surface area contributed by atoms with E-state index in [1.54, 1.807) is 6.07 Å². The van der Waals surface area contributed by atoms with Gasteiger partial charge in [-0.25, -0.2) is 4.39 Å². The molecule has 20 heavy (non-hydrogen) atoms. The highest BCUT2D eigenvalue weighted by molar-refractivity contribution is 7.99. The molecule has 1 heterocycles. The molecule has 0 amide bonds. The Bertz CT molecular complexity index is 694. The zero-order valence-electron chi connectivity index (χ0n) is 11.2. The lowest BCUT2D eigenvalue weighted by molar-refractivity contribution is 0.365. The summed E-state index contributed by atoms with van der Waals surface area (Å²) in [5.41, 5.74) is 1.64. The summed E-state index contributed by atoms with van der Waals surface area (Å²) >= 11 is 13.2. The summed E-state index contributed by atoms with van der Waals surface area (Å²) < 4.78 is 16.5. The molecule has 0 bridgehead atoms. The molecule has 1 aromatic heterocycles. The van der Waals surface area contributed by atoms with Gasteiger partial charge in [-0.2, -0.15) is 11.8 Å². The fourth-order valence-corrected chi connectivity index (χ4v) is 4.39. The quantitative estimate of drug-likeness (QED) is 0.750. The zero-order valence-corrected chi connectivity index (χ0v) is 13.5. The van der Waals surface area contributed by atoms with Gasteiger partial charge in [-0.15, -0.1) is 0 Å². The van der Waals surface area contributed by atoms with Gasteiger partial charge in [0.25, 0.3) is 0 Å². The summed E-state index contributed by atoms with van der Waals surface area (Å²) in [6.07, 6.45) is 6.80. The molecule has 2 aromatic rings. The van der Waals surface area contributed by atoms with E-state index in [-0.39, 0.29) is 10.8 Å². The maximum Gasteiger partial charge on any atom is 0.178 e. The van der Waals surface area contributed by atoms with Crippen molar-refractivity contribution in [3.63, 3.8) is 0 Å². The fraction of sp³-hybridized carbons (Fsp3) is 0.500. The van der Waals surface area contributed by atoms with Crippen molar-refractivity contribution in [1.82, 2.24) is 9.55 Å². The van der Waals surface area contributed by atoms with Crippen LogP contribution in [0.4, 0.5) is 4.39 Å². The zero-order chi connectivity index (χ0) is 14.3. The summed E-state index contributed by atoms with van der Waals surface area (Å²) in [4.78, 5) is 3.15. The topological polar surface area (TPSA) is 20.7 Å². The third-order valence-corrected chi connectivity index (χ3v) is 5.74. The third kappa shape index (κ3) is 2.51. The van der Waals surface area contributed by atoms with Crippen molar-refractivity contribution in [1.29, 1.82) is 0 Å². The molecule has 3 rings (SSSR count). The minimum atomic E-state index is -0.390. The van der Waals surface area contributed by atoms with Crippen molar-refractivity contribution in [3.05, 3.63) is 27.7 Å². The Morgan fingerprint density at radius 3 is 3.00 bits per heavy atom. The molecular formula is C14H16ClFN2S2. The largest absolute Gasteiger partial charge is 0.331 e. The smallest absolute Gasteiger partial charge is 0.178 e. The van der Waals surface area contributed by atoms with Crippen LogP contribution in [0.25, 0.3) is 11.0 Å². The molecule has 1 saturated carbocycles. The minimum absolute atomic E-state index is 0.131. The lowest BCUT2D eigenvalue weighted by Gasteiger charge is -2.29. The Hall–Kier alpha value is -0.520. The first kappa shape index (κ1) is 14.4. The molecule has 2 unspecified atom stereocenters. The second kappa shape index (κ2) is 5.70. The summed E-state index contributed by atoms with van der Waals surface area (Å²) in [7, 11) is 0. The van der Waals surface area contributed by atoms with E-state index in [4.69, 9.17) is 23.8 Å². The van der Waals surface area contributed by atoms with E-state index in [9.17, 15) is 4.39 Å². The summed E-state index contributed by atoms with van der Waals surface area (Å²) in [6, 6.07) is 3.46. The number of imidazole rings is 1. The van der Waals surface area contributed by atoms with Gasteiger partial charge in [0.05, 0.1) is 16.1 Å². The lowest BCUT2D eigenvalue weighted by atomic mass is 9.94. The predicted molar refractivity (Wildman–Crippen MR) is 86.9 cm³/mol. The Kier molecular flexibility index (Phi) is 4.11. The number of fused-ring (bicyclic) bond motifs is 1. The molecule has 1 fully saturated rings. The molecule has 0 spiro atoms. The summed E-state index contributed by atoms with van der Waals surface area (Å²) in [5.74, 6) is -0.390. The number of aromatic amines is 1. The van der Waals surface area contributed by atoms with E-state index < -0.39 is 0 Å². The molecule has 0 aliphatic heterocycles. The van der Waals surface area contributed by atoms with Crippen molar-refractivity contribution in [2.45, 2.75) is 37.0 Å². The molecule has 1 aromatic carbocycles. The molecule has 1 N–H and O–H groups in total. The fourth-order valence-electron chi connectivity index (χ4n) is 3.05. The number of nitrogens with zero attached hydrogens (tertiary/aromatic N) is 1. The van der Waals surface area contributed by atoms with Crippen molar-refractivity contribution >= 4 is 46.6 Å². The molecular weight excluding hydrogens is 315 g/mol. The predicted octanol–water partition coefficient (Wildman–Crippen LogP) is 5.34. The van der Waals surface area contributed by atoms with Crippen LogP contribution in [-0.2, 0) is 0 Å². The Labute approximate surface area is 131 Å². The number of rotatable bonds is 2. The Morgan fingerprint density at radius 1 is 1.45 bits per heavy atom. The Morgan fingerprint density at radius 2 is 2.25 bits per heavy atom. The van der Waals surface area contributed by atoms with Gasteiger partial charge in [0.2, 0.25) is 0 Å². The van der Waals surface area contributed by atoms with E-state index in [1.807, 2.05) is 11.8 Å². The number of benzene rings is 1. The van der Waals surface area contributed by atoms with Gasteiger partial charge in [-0.3, -0.25) is 0 Å². The van der Waals surface area contributed by atoms with Crippen molar-refractivity contribution in [3.8, 4) is 0 Å². The normalized spacial score (nSPS) is 23.4. The second-order valence-electron chi connectivity index (χ2n) is 5.26. The van der Waals surface area contributed by atoms with Crippen LogP contribution in [0.15, 0.2) is 12.1 Å². The first-order valence-electron chi connectivity index (χ1n) is 6.72. The molecule has 1 aliphatic rings. The van der Waals surface area contributed by atoms with Crippen LogP contribution in [-0.4, -0.2) is 21.1 Å². The van der Waals surface area contributed by atoms with E-state index in [0.29, 0.717) is 16.1 Å². The summed E-state index contributed by atoms with van der Waals surface area (Å²) in [6.45, 7) is 0. The van der Waals surface area contributed by atoms with Crippen LogP contribution >= 0.6 is 35.6 Å². The van der Waals surface area contributed by atoms with Gasteiger partial charge in [0.1, 0.15) is 5.82 Å². The van der Waals surface area contributed by atoms with E-state index in [2.05, 4.69) is 15.8 Å². The van der Waals surface area contributed by atoms with Crippen molar-refractivity contribution < 1.29 is 4.39 Å². The van der Waals surface area contributed by atoms with Crippen LogP contribution in [0.1, 0.15) is 31.7 Å². The van der Waals surface area contributed by atoms with Crippen LogP contribution in [0, 0.1) is 10.6 Å². The van der Waals surface area contributed by atoms with Gasteiger partial charge in [0.15, 0.2) is 4.77 Å². The molecule has 108 valence electrons. The minimum Gasteiger partial charge on any atom is -0.331 e. The highest BCUT2D eigenvalue weighted by Gasteiger charge is 2.24. The van der Waals surface area contributed by atoms with Crippen LogP contribution in [0.3, 0.4) is 0 Å². The molecule has 6 heteroatoms. The van der Waals surface area contributed by atoms with Gasteiger partial charge < -0.3 is 9.55 Å². The average molecular weight is 331 g/mol. The first-order chi connectivity index (χ1) is 9.60. The SMILES string of the molecule is CSC1CCCC(n2c(=S)[nH]c3cc(Cl)c(F)cc32)C1. The third-order valence-electron chi connectivity index (χ3n) is 4.06. The van der Waals surface area contributed by atoms with Gasteiger partial charge in [0, 0.05) is 17.4 Å². The molecule has 2 nitrogen and oxygen atoms in total. The van der Waals surface area contributed by atoms with Crippen molar-refractivity contribution in [2.24, 2.45) is 0 Å². The Balaban J connectivity index is 2.08. The van der Waals surface area contributed by atoms with Crippen molar-refractivity contribution in [2.75, 3.05) is 6.26 Å². The van der Waals surface area contributed by atoms with E-state index in [1.165, 1.54) is 18.9 Å². The average Bonchev–Trinajstić information content (AvgIpc) is 2.74. The van der Waals surface area contributed by atoms with Gasteiger partial charge in [-0.1, -0.05) is 18.0 Å². The van der Waals surface area contributed by atoms with Gasteiger partial charge in [-0.05, 0) is 43.8 Å². The molecule has 0 saturated heterocycles. The van der Waals surface area contributed by atoms with Crippen LogP contribution < -0.4 is 0 Å². The van der Waals surface area contributed by atoms with Crippen LogP contribution in [0.5, 0.6) is 0 Å². The lowest BCUT2D eigenvalue weighted by Crippen LogP contribution is -2.20. The monoisotopic (exact) mass is 330 g/mol. The highest BCUT2D eigenvalue weighted by Crippen LogP contribution is 2.36. The molecule has 1 aliphatic carbocycles. The number of halogens is 2. The standard InChI is InChI=1S/C14H16ClFN2S2/c1-20-9-4-2-3-8(5-9)18-13-7-11(16)10(15)6-12(13)17-14(18)19/h6-9H,2-5H2,1H3,(H,17,19). The maximum atomic E-state index is 13.8. The number of H-pyrrole nitrogens is 1. The highest BCUT2D eigenvalue weighted by atomic mass is 35.5. The number of nitrogens with one attached hydrogen (secondary N) is 1. The summed E-state index contributed by atoms with van der Waals surface area (Å²) in [5, 5.41) is 0.796. The molecule has 2 atom stereocenters. The van der Waals surface area contributed by atoms with Crippen LogP contribution in [0.2, 0.25) is 5.02 Å². The number of hydrogen-bond acceptors (Lipinski definition) is 2.